The molecule has 0 rings (SSSR count). The van der Waals surface area contributed by atoms with Gasteiger partial charge in [0.05, 0.1) is 5.75 Å². The second-order valence-corrected chi connectivity index (χ2v) is 8.50. The van der Waals surface area contributed by atoms with E-state index in [1.165, 1.54) is 0 Å². The van der Waals surface area contributed by atoms with E-state index in [9.17, 15) is 12.6 Å². The first-order valence-electron chi connectivity index (χ1n) is 6.27. The highest BCUT2D eigenvalue weighted by Crippen LogP contribution is 1.98. The lowest BCUT2D eigenvalue weighted by Gasteiger charge is -2.11. The normalized spacial score (nSPS) is 15.8. The monoisotopic (exact) mass is 298 g/mol. The molecule has 0 saturated carbocycles. The molecule has 0 aromatic rings. The molecular weight excluding hydrogens is 272 g/mol. The molecule has 5 nitrogen and oxygen atoms in total. The van der Waals surface area contributed by atoms with Crippen molar-refractivity contribution in [2.45, 2.75) is 44.9 Å². The van der Waals surface area contributed by atoms with Gasteiger partial charge in [-0.05, 0) is 19.4 Å². The van der Waals surface area contributed by atoms with E-state index < -0.39 is 20.8 Å². The molecule has 0 radical (unpaired) electrons. The fraction of sp³-hybridized carbons (Fsp3) is 1.00. The van der Waals surface area contributed by atoms with Crippen molar-refractivity contribution in [2.24, 2.45) is 0 Å². The summed E-state index contributed by atoms with van der Waals surface area (Å²) < 4.78 is 36.9. The number of hydrogen-bond donors (Lipinski definition) is 2. The van der Waals surface area contributed by atoms with Crippen molar-refractivity contribution in [3.8, 4) is 0 Å². The van der Waals surface area contributed by atoms with Gasteiger partial charge in [-0.25, -0.2) is 13.1 Å². The molecule has 0 aliphatic heterocycles. The highest BCUT2D eigenvalue weighted by molar-refractivity contribution is 7.89. The van der Waals surface area contributed by atoms with Crippen LogP contribution < -0.4 is 10.0 Å². The van der Waals surface area contributed by atoms with Gasteiger partial charge in [0.25, 0.3) is 0 Å². The minimum absolute atomic E-state index is 0.0234. The highest BCUT2D eigenvalue weighted by atomic mass is 32.2. The van der Waals surface area contributed by atoms with Crippen LogP contribution in [0.15, 0.2) is 0 Å². The van der Waals surface area contributed by atoms with Crippen LogP contribution in [-0.4, -0.2) is 49.0 Å². The molecule has 0 amide bonds. The molecule has 2 N–H and O–H groups in total. The summed E-state index contributed by atoms with van der Waals surface area (Å²) in [6.07, 6.45) is 2.84. The summed E-state index contributed by atoms with van der Waals surface area (Å²) in [4.78, 5) is 0. The van der Waals surface area contributed by atoms with Crippen molar-refractivity contribution < 1.29 is 12.6 Å². The minimum atomic E-state index is -3.19. The first-order chi connectivity index (χ1) is 8.24. The fourth-order valence-corrected chi connectivity index (χ4v) is 2.86. The number of rotatable bonds is 10. The van der Waals surface area contributed by atoms with Gasteiger partial charge in [-0.1, -0.05) is 20.8 Å². The molecule has 0 bridgehead atoms. The average Bonchev–Trinajstić information content (AvgIpc) is 2.23. The molecule has 0 saturated heterocycles. The van der Waals surface area contributed by atoms with E-state index in [0.29, 0.717) is 32.0 Å². The number of nitrogens with one attached hydrogen (secondary N) is 2. The summed E-state index contributed by atoms with van der Waals surface area (Å²) in [6, 6.07) is 0.376. The second-order valence-electron chi connectivity index (χ2n) is 4.77. The molecule has 0 aliphatic rings. The quantitative estimate of drug-likeness (QED) is 0.574. The van der Waals surface area contributed by atoms with Crippen LogP contribution in [0.25, 0.3) is 0 Å². The van der Waals surface area contributed by atoms with Gasteiger partial charge in [0.1, 0.15) is 0 Å². The van der Waals surface area contributed by atoms with Crippen molar-refractivity contribution in [1.82, 2.24) is 10.0 Å². The first-order valence-corrected chi connectivity index (χ1v) is 9.55. The molecular formula is C11H26N2O3S2. The number of hydrogen-bond acceptors (Lipinski definition) is 4. The van der Waals surface area contributed by atoms with Gasteiger partial charge >= 0.3 is 0 Å². The summed E-state index contributed by atoms with van der Waals surface area (Å²) in [5, 5.41) is 3.20. The van der Waals surface area contributed by atoms with Crippen molar-refractivity contribution in [3.63, 3.8) is 0 Å². The maximum absolute atomic E-state index is 11.6. The zero-order valence-corrected chi connectivity index (χ0v) is 13.4. The van der Waals surface area contributed by atoms with Crippen molar-refractivity contribution >= 4 is 20.8 Å². The maximum atomic E-state index is 11.6. The second kappa shape index (κ2) is 9.01. The lowest BCUT2D eigenvalue weighted by molar-refractivity contribution is 0.559. The van der Waals surface area contributed by atoms with E-state index >= 15 is 0 Å². The molecule has 2 atom stereocenters. The van der Waals surface area contributed by atoms with Crippen LogP contribution in [0, 0.1) is 0 Å². The van der Waals surface area contributed by atoms with Gasteiger partial charge < -0.3 is 5.32 Å². The summed E-state index contributed by atoms with van der Waals surface area (Å²) in [5.74, 6) is 0.135. The van der Waals surface area contributed by atoms with E-state index in [1.807, 2.05) is 20.8 Å². The van der Waals surface area contributed by atoms with E-state index in [4.69, 9.17) is 0 Å². The van der Waals surface area contributed by atoms with E-state index in [0.717, 1.165) is 0 Å². The first kappa shape index (κ1) is 18.0. The van der Waals surface area contributed by atoms with Crippen molar-refractivity contribution in [2.75, 3.05) is 25.1 Å². The molecule has 0 heterocycles. The molecule has 7 heteroatoms. The molecule has 0 aromatic carbocycles. The average molecular weight is 298 g/mol. The molecule has 0 aliphatic carbocycles. The van der Waals surface area contributed by atoms with Gasteiger partial charge in [-0.2, -0.15) is 0 Å². The fourth-order valence-electron chi connectivity index (χ4n) is 1.31. The predicted octanol–water partition coefficient (Wildman–Crippen LogP) is 0.451. The van der Waals surface area contributed by atoms with E-state index in [-0.39, 0.29) is 11.0 Å². The van der Waals surface area contributed by atoms with Crippen molar-refractivity contribution in [3.05, 3.63) is 0 Å². The van der Waals surface area contributed by atoms with Crippen LogP contribution in [-0.2, 0) is 20.8 Å². The third kappa shape index (κ3) is 9.99. The van der Waals surface area contributed by atoms with Crippen LogP contribution in [0.4, 0.5) is 0 Å². The third-order valence-electron chi connectivity index (χ3n) is 2.58. The minimum Gasteiger partial charge on any atom is -0.314 e. The Kier molecular flexibility index (Phi) is 9.02. The van der Waals surface area contributed by atoms with Crippen molar-refractivity contribution in [1.29, 1.82) is 0 Å². The molecule has 0 aromatic heterocycles. The zero-order valence-electron chi connectivity index (χ0n) is 11.7. The molecule has 0 spiro atoms. The highest BCUT2D eigenvalue weighted by Gasteiger charge is 2.11. The van der Waals surface area contributed by atoms with Crippen LogP contribution in [0.1, 0.15) is 33.6 Å². The van der Waals surface area contributed by atoms with Crippen LogP contribution in [0.2, 0.25) is 0 Å². The Morgan fingerprint density at radius 2 is 1.78 bits per heavy atom. The maximum Gasteiger partial charge on any atom is 0.211 e. The predicted molar refractivity (Wildman–Crippen MR) is 77.7 cm³/mol. The molecule has 110 valence electrons. The summed E-state index contributed by atoms with van der Waals surface area (Å²) in [7, 11) is -4.09. The molecule has 0 fully saturated rings. The van der Waals surface area contributed by atoms with Gasteiger partial charge in [0.15, 0.2) is 0 Å². The lowest BCUT2D eigenvalue weighted by atomic mass is 10.3. The summed E-state index contributed by atoms with van der Waals surface area (Å²) >= 11 is 0. The smallest absolute Gasteiger partial charge is 0.211 e. The van der Waals surface area contributed by atoms with Gasteiger partial charge in [-0.3, -0.25) is 4.21 Å². The van der Waals surface area contributed by atoms with E-state index in [1.54, 1.807) is 6.26 Å². The summed E-state index contributed by atoms with van der Waals surface area (Å²) in [6.45, 7) is 6.98. The lowest BCUT2D eigenvalue weighted by Crippen LogP contribution is -2.31. The Balaban J connectivity index is 3.77. The van der Waals surface area contributed by atoms with Gasteiger partial charge in [0, 0.05) is 34.9 Å². The largest absolute Gasteiger partial charge is 0.314 e. The Morgan fingerprint density at radius 1 is 1.17 bits per heavy atom. The third-order valence-corrected chi connectivity index (χ3v) is 5.42. The number of sulfonamides is 1. The van der Waals surface area contributed by atoms with Crippen LogP contribution in [0.5, 0.6) is 0 Å². The summed E-state index contributed by atoms with van der Waals surface area (Å²) in [5.41, 5.74) is 0. The topological polar surface area (TPSA) is 75.3 Å². The zero-order chi connectivity index (χ0) is 14.2. The van der Waals surface area contributed by atoms with Crippen LogP contribution in [0.3, 0.4) is 0 Å². The molecule has 2 unspecified atom stereocenters. The SMILES string of the molecule is CC(C)NCCCS(=O)(=O)NCCC(C)S(C)=O. The Bertz CT molecular complexity index is 342. The Labute approximate surface area is 114 Å². The standard InChI is InChI=1S/C11H26N2O3S2/c1-10(2)12-7-5-9-18(15,16)13-8-6-11(3)17(4)14/h10-13H,5-9H2,1-4H3. The van der Waals surface area contributed by atoms with E-state index in [2.05, 4.69) is 10.0 Å². The Hall–Kier alpha value is 0.0200. The van der Waals surface area contributed by atoms with Gasteiger partial charge in [-0.15, -0.1) is 0 Å². The Morgan fingerprint density at radius 3 is 2.28 bits per heavy atom. The van der Waals surface area contributed by atoms with Crippen LogP contribution >= 0.6 is 0 Å². The molecule has 18 heavy (non-hydrogen) atoms. The van der Waals surface area contributed by atoms with Gasteiger partial charge in [0.2, 0.25) is 10.0 Å².